The van der Waals surface area contributed by atoms with Gasteiger partial charge in [-0.2, -0.15) is 0 Å². The first kappa shape index (κ1) is 42.5. The minimum absolute atomic E-state index is 0.0588. The third kappa shape index (κ3) is 8.44. The molecule has 268 valence electrons. The summed E-state index contributed by atoms with van der Waals surface area (Å²) >= 11 is 0.569. The van der Waals surface area contributed by atoms with Crippen LogP contribution in [0.15, 0.2) is 58.5 Å². The molecule has 1 aliphatic carbocycles. The van der Waals surface area contributed by atoms with Crippen LogP contribution in [0, 0.1) is 10.8 Å². The minimum atomic E-state index is -1.92. The van der Waals surface area contributed by atoms with E-state index in [0.717, 1.165) is 12.8 Å². The molecular formula is C40H66Cl2N2NiSi2. The van der Waals surface area contributed by atoms with Crippen molar-refractivity contribution in [3.05, 3.63) is 48.5 Å². The molecule has 0 aromatic heterocycles. The van der Waals surface area contributed by atoms with E-state index in [-0.39, 0.29) is 10.8 Å². The van der Waals surface area contributed by atoms with E-state index in [1.807, 2.05) is 0 Å². The first-order chi connectivity index (χ1) is 21.7. The number of hydrogen-bond acceptors (Lipinski definition) is 2. The van der Waals surface area contributed by atoms with Crippen LogP contribution in [0.5, 0.6) is 0 Å². The van der Waals surface area contributed by atoms with Crippen molar-refractivity contribution in [2.75, 3.05) is 0 Å². The molecule has 0 saturated heterocycles. The molecule has 0 spiro atoms. The van der Waals surface area contributed by atoms with Gasteiger partial charge in [-0.1, -0.05) is 147 Å². The maximum atomic E-state index is 5.79. The summed E-state index contributed by atoms with van der Waals surface area (Å²) in [6.07, 6.45) is 2.23. The molecule has 47 heavy (non-hydrogen) atoms. The van der Waals surface area contributed by atoms with Crippen molar-refractivity contribution in [2.24, 2.45) is 20.8 Å². The fourth-order valence-corrected chi connectivity index (χ4v) is 23.6. The zero-order valence-corrected chi connectivity index (χ0v) is 37.0. The van der Waals surface area contributed by atoms with Crippen LogP contribution in [0.4, 0.5) is 11.4 Å². The number of halogens is 2. The van der Waals surface area contributed by atoms with Crippen molar-refractivity contribution in [3.8, 4) is 0 Å². The van der Waals surface area contributed by atoms with Gasteiger partial charge in [0.15, 0.2) is 0 Å². The number of rotatable bonds is 10. The van der Waals surface area contributed by atoms with Crippen LogP contribution in [-0.2, 0) is 12.7 Å². The second-order valence-electron chi connectivity index (χ2n) is 17.1. The molecule has 0 amide bonds. The molecule has 0 radical (unpaired) electrons. The Morgan fingerprint density at radius 3 is 0.979 bits per heavy atom. The van der Waals surface area contributed by atoms with Crippen molar-refractivity contribution in [1.82, 2.24) is 0 Å². The van der Waals surface area contributed by atoms with E-state index < -0.39 is 16.1 Å². The molecule has 0 aliphatic heterocycles. The topological polar surface area (TPSA) is 24.7 Å². The van der Waals surface area contributed by atoms with Crippen molar-refractivity contribution >= 4 is 69.7 Å². The standard InChI is InChI=1S/C40H66N2Si2.2ClH.Ni/c1-27(2)43(28(3)4,29(5)6)35-23-19-17-21-33(35)41-37-38(40(15,16)26-25-39(37,13)14)42-34-22-18-20-24-36(34)44(30(7)8,31(9)10)32(11)12;;;/h17-24,27-32H,25-26H2,1-16H3;2*1H;/q;;;+2/p-2. The summed E-state index contributed by atoms with van der Waals surface area (Å²) in [5.41, 5.74) is 8.40. The second kappa shape index (κ2) is 17.0. The first-order valence-corrected chi connectivity index (χ1v) is 25.1. The molecule has 2 aromatic rings. The van der Waals surface area contributed by atoms with E-state index in [1.54, 1.807) is 0 Å². The van der Waals surface area contributed by atoms with Crippen LogP contribution < -0.4 is 10.4 Å². The quantitative estimate of drug-likeness (QED) is 0.216. The Hall–Kier alpha value is -0.713. The van der Waals surface area contributed by atoms with E-state index in [1.165, 1.54) is 33.2 Å². The van der Waals surface area contributed by atoms with Gasteiger partial charge in [0.05, 0.1) is 38.9 Å². The second-order valence-corrected chi connectivity index (χ2v) is 30.4. The van der Waals surface area contributed by atoms with Gasteiger partial charge in [-0.05, 0) is 68.6 Å². The predicted molar refractivity (Wildman–Crippen MR) is 217 cm³/mol. The van der Waals surface area contributed by atoms with Gasteiger partial charge in [-0.15, -0.1) is 0 Å². The van der Waals surface area contributed by atoms with Gasteiger partial charge in [0.25, 0.3) is 0 Å². The molecule has 3 rings (SSSR count). The molecule has 2 aromatic carbocycles. The Kier molecular flexibility index (Phi) is 15.4. The van der Waals surface area contributed by atoms with Crippen molar-refractivity contribution < 1.29 is 12.7 Å². The Morgan fingerprint density at radius 2 is 0.745 bits per heavy atom. The summed E-state index contributed by atoms with van der Waals surface area (Å²) in [7, 11) is 5.55. The Bertz CT molecular complexity index is 1230. The SMILES string of the molecule is CC(C)[Si](c1ccccc1N=C1C(=Nc2ccccc2[Si](C(C)C)(C(C)C)C(C)C)C(C)(C)CCC1(C)C)(C(C)C)C(C)C.[Cl][Ni][Cl]. The van der Waals surface area contributed by atoms with Crippen LogP contribution >= 0.6 is 20.4 Å². The third-order valence-electron chi connectivity index (χ3n) is 11.8. The van der Waals surface area contributed by atoms with E-state index >= 15 is 0 Å². The number of nitrogens with zero attached hydrogens (tertiary/aromatic N) is 2. The molecule has 7 heteroatoms. The van der Waals surface area contributed by atoms with Gasteiger partial charge in [-0.25, -0.2) is 0 Å². The summed E-state index contributed by atoms with van der Waals surface area (Å²) in [5.74, 6) is 0. The van der Waals surface area contributed by atoms with E-state index in [4.69, 9.17) is 30.4 Å². The number of benzene rings is 2. The molecule has 1 saturated carbocycles. The normalized spacial score (nSPS) is 18.7. The number of para-hydroxylation sites is 2. The fourth-order valence-electron chi connectivity index (χ4n) is 9.89. The van der Waals surface area contributed by atoms with E-state index in [2.05, 4.69) is 159 Å². The van der Waals surface area contributed by atoms with Gasteiger partial charge in [0.2, 0.25) is 0 Å². The van der Waals surface area contributed by atoms with Crippen molar-refractivity contribution in [3.63, 3.8) is 0 Å². The van der Waals surface area contributed by atoms with Gasteiger partial charge < -0.3 is 0 Å². The van der Waals surface area contributed by atoms with Crippen LogP contribution in [0.1, 0.15) is 124 Å². The zero-order chi connectivity index (χ0) is 36.1. The molecule has 1 fully saturated rings. The van der Waals surface area contributed by atoms with E-state index in [9.17, 15) is 0 Å². The molecule has 0 atom stereocenters. The fraction of sp³-hybridized carbons (Fsp3) is 0.650. The summed E-state index contributed by atoms with van der Waals surface area (Å²) in [5, 5.41) is 3.05. The average Bonchev–Trinajstić information content (AvgIpc) is 2.94. The van der Waals surface area contributed by atoms with Crippen LogP contribution in [0.2, 0.25) is 33.2 Å². The van der Waals surface area contributed by atoms with Gasteiger partial charge >= 0.3 is 33.0 Å². The van der Waals surface area contributed by atoms with Crippen molar-refractivity contribution in [2.45, 2.75) is 157 Å². The maximum absolute atomic E-state index is 5.79. The van der Waals surface area contributed by atoms with Crippen LogP contribution in [0.3, 0.4) is 0 Å². The van der Waals surface area contributed by atoms with Gasteiger partial charge in [-0.3, -0.25) is 9.98 Å². The summed E-state index contributed by atoms with van der Waals surface area (Å²) < 4.78 is 0. The van der Waals surface area contributed by atoms with Crippen LogP contribution in [0.25, 0.3) is 0 Å². The predicted octanol–water partition coefficient (Wildman–Crippen LogP) is 13.5. The van der Waals surface area contributed by atoms with Crippen molar-refractivity contribution in [1.29, 1.82) is 0 Å². The summed E-state index contributed by atoms with van der Waals surface area (Å²) in [6, 6.07) is 18.3. The monoisotopic (exact) mass is 758 g/mol. The number of hydrogen-bond donors (Lipinski definition) is 0. The average molecular weight is 761 g/mol. The van der Waals surface area contributed by atoms with Gasteiger partial charge in [0, 0.05) is 10.8 Å². The summed E-state index contributed by atoms with van der Waals surface area (Å²) in [6.45, 7) is 39.1. The summed E-state index contributed by atoms with van der Waals surface area (Å²) in [4.78, 5) is 11.6. The molecule has 0 heterocycles. The van der Waals surface area contributed by atoms with Crippen LogP contribution in [-0.4, -0.2) is 27.6 Å². The Balaban J connectivity index is 0.00000246. The number of aliphatic imine (C=N–C) groups is 2. The third-order valence-corrected chi connectivity index (χ3v) is 26.0. The first-order valence-electron chi connectivity index (χ1n) is 17.9. The van der Waals surface area contributed by atoms with E-state index in [0.29, 0.717) is 45.9 Å². The molecule has 0 unspecified atom stereocenters. The Morgan fingerprint density at radius 1 is 0.511 bits per heavy atom. The molecule has 0 N–H and O–H groups in total. The molecular weight excluding hydrogens is 694 g/mol. The molecule has 1 aliphatic rings. The Labute approximate surface area is 306 Å². The zero-order valence-electron chi connectivity index (χ0n) is 32.5. The molecule has 0 bridgehead atoms. The van der Waals surface area contributed by atoms with Gasteiger partial charge in [0.1, 0.15) is 0 Å². The molecule has 2 nitrogen and oxygen atoms in total.